The number of fused-ring (bicyclic) bond motifs is 1. The third-order valence-electron chi connectivity index (χ3n) is 5.27. The van der Waals surface area contributed by atoms with E-state index >= 15 is 0 Å². The van der Waals surface area contributed by atoms with Crippen molar-refractivity contribution in [2.75, 3.05) is 18.9 Å². The van der Waals surface area contributed by atoms with Crippen molar-refractivity contribution in [3.8, 4) is 6.01 Å². The summed E-state index contributed by atoms with van der Waals surface area (Å²) >= 11 is 0. The molecule has 32 heavy (non-hydrogen) atoms. The fourth-order valence-corrected chi connectivity index (χ4v) is 3.27. The van der Waals surface area contributed by atoms with Crippen LogP contribution in [0.4, 0.5) is 5.82 Å². The van der Waals surface area contributed by atoms with Crippen LogP contribution < -0.4 is 21.5 Å². The van der Waals surface area contributed by atoms with E-state index in [1.54, 1.807) is 11.5 Å². The molecule has 0 radical (unpaired) electrons. The highest BCUT2D eigenvalue weighted by atomic mass is 16.5. The van der Waals surface area contributed by atoms with Crippen molar-refractivity contribution in [3.63, 3.8) is 0 Å². The quantitative estimate of drug-likeness (QED) is 0.312. The van der Waals surface area contributed by atoms with Crippen LogP contribution in [0.1, 0.15) is 50.2 Å². The summed E-state index contributed by atoms with van der Waals surface area (Å²) in [6.07, 6.45) is 2.58. The molecule has 0 amide bonds. The van der Waals surface area contributed by atoms with Crippen molar-refractivity contribution in [3.05, 3.63) is 45.9 Å². The second-order valence-electron chi connectivity index (χ2n) is 7.71. The van der Waals surface area contributed by atoms with Gasteiger partial charge in [0.1, 0.15) is 5.52 Å². The number of nitrogens with two attached hydrogens (primary N) is 1. The maximum atomic E-state index is 12.4. The Morgan fingerprint density at radius 2 is 2.03 bits per heavy atom. The third kappa shape index (κ3) is 5.64. The molecule has 1 atom stereocenters. The number of carboxylic acid groups (broad SMARTS) is 1. The van der Waals surface area contributed by atoms with Gasteiger partial charge in [-0.2, -0.15) is 9.97 Å². The number of nitrogens with zero attached hydrogens (tertiary/aromatic N) is 3. The monoisotopic (exact) mass is 442 g/mol. The van der Waals surface area contributed by atoms with E-state index in [-0.39, 0.29) is 17.5 Å². The molecule has 2 heterocycles. The number of ether oxygens (including phenoxy) is 1. The van der Waals surface area contributed by atoms with Gasteiger partial charge in [-0.25, -0.2) is 4.79 Å². The minimum atomic E-state index is -0.838. The number of unbranched alkanes of at least 4 members (excludes halogenated alkanes) is 1. The Hall–Kier alpha value is -3.40. The number of aryl methyl sites for hydroxylation is 1. The summed E-state index contributed by atoms with van der Waals surface area (Å²) in [5, 5.41) is 12.4. The van der Waals surface area contributed by atoms with Gasteiger partial charge >= 0.3 is 17.7 Å². The molecule has 0 saturated carbocycles. The van der Waals surface area contributed by atoms with Crippen LogP contribution in [0.25, 0.3) is 11.2 Å². The van der Waals surface area contributed by atoms with Crippen LogP contribution in [0.15, 0.2) is 29.1 Å². The highest BCUT2D eigenvalue weighted by Crippen LogP contribution is 2.18. The van der Waals surface area contributed by atoms with Crippen LogP contribution in [0.5, 0.6) is 6.01 Å². The zero-order chi connectivity index (χ0) is 23.1. The highest BCUT2D eigenvalue weighted by Gasteiger charge is 2.15. The molecule has 2 aromatic heterocycles. The lowest BCUT2D eigenvalue weighted by Gasteiger charge is -2.09. The van der Waals surface area contributed by atoms with Gasteiger partial charge in [0.25, 0.3) is 0 Å². The smallest absolute Gasteiger partial charge is 0.327 e. The van der Waals surface area contributed by atoms with E-state index in [9.17, 15) is 9.59 Å². The number of benzene rings is 1. The molecule has 0 aliphatic rings. The highest BCUT2D eigenvalue weighted by molar-refractivity contribution is 5.81. The Bertz CT molecular complexity index is 1110. The van der Waals surface area contributed by atoms with Gasteiger partial charge in [-0.15, -0.1) is 0 Å². The van der Waals surface area contributed by atoms with Gasteiger partial charge in [-0.1, -0.05) is 37.6 Å². The Kier molecular flexibility index (Phi) is 7.82. The lowest BCUT2D eigenvalue weighted by atomic mass is 10.0. The number of nitrogens with one attached hydrogen (secondary N) is 2. The number of hydrogen-bond acceptors (Lipinski definition) is 7. The average Bonchev–Trinajstić information content (AvgIpc) is 3.09. The molecule has 10 nitrogen and oxygen atoms in total. The number of carboxylic acids is 1. The topological polar surface area (TPSA) is 148 Å². The second-order valence-corrected chi connectivity index (χ2v) is 7.71. The number of imidazole rings is 1. The molecule has 3 aromatic rings. The molecule has 1 aromatic carbocycles. The van der Waals surface area contributed by atoms with Crippen molar-refractivity contribution in [1.29, 1.82) is 0 Å². The first-order valence-corrected chi connectivity index (χ1v) is 10.8. The normalized spacial score (nSPS) is 12.2. The van der Waals surface area contributed by atoms with Crippen molar-refractivity contribution >= 4 is 23.0 Å². The van der Waals surface area contributed by atoms with Crippen molar-refractivity contribution in [2.45, 2.75) is 52.1 Å². The number of H-pyrrole nitrogens is 1. The largest absolute Gasteiger partial charge is 0.481 e. The molecule has 0 aliphatic heterocycles. The molecule has 0 saturated heterocycles. The minimum Gasteiger partial charge on any atom is -0.481 e. The SMILES string of the molecule is CCCCOc1nc(N)c2[nH]c(=O)n(CCCNCc3ccc(C(C)C(=O)O)cc3)c2n1. The van der Waals surface area contributed by atoms with Crippen molar-refractivity contribution < 1.29 is 14.6 Å². The van der Waals surface area contributed by atoms with E-state index in [1.807, 2.05) is 24.3 Å². The fraction of sp³-hybridized carbons (Fsp3) is 0.455. The lowest BCUT2D eigenvalue weighted by molar-refractivity contribution is -0.138. The first kappa shape index (κ1) is 23.3. The number of nitrogen functional groups attached to an aromatic ring is 1. The van der Waals surface area contributed by atoms with Gasteiger partial charge in [0, 0.05) is 13.1 Å². The van der Waals surface area contributed by atoms with Crippen LogP contribution in [-0.2, 0) is 17.9 Å². The zero-order valence-corrected chi connectivity index (χ0v) is 18.4. The van der Waals surface area contributed by atoms with E-state index in [2.05, 4.69) is 27.2 Å². The molecule has 172 valence electrons. The fourth-order valence-electron chi connectivity index (χ4n) is 3.27. The van der Waals surface area contributed by atoms with E-state index < -0.39 is 11.9 Å². The Morgan fingerprint density at radius 1 is 1.28 bits per heavy atom. The maximum Gasteiger partial charge on any atom is 0.327 e. The summed E-state index contributed by atoms with van der Waals surface area (Å²) < 4.78 is 7.10. The van der Waals surface area contributed by atoms with Crippen molar-refractivity contribution in [2.24, 2.45) is 0 Å². The van der Waals surface area contributed by atoms with E-state index in [1.165, 1.54) is 0 Å². The molecule has 0 aliphatic carbocycles. The summed E-state index contributed by atoms with van der Waals surface area (Å²) in [4.78, 5) is 34.6. The van der Waals surface area contributed by atoms with Crippen LogP contribution in [-0.4, -0.2) is 43.7 Å². The van der Waals surface area contributed by atoms with Gasteiger partial charge in [-0.05, 0) is 37.4 Å². The molecule has 10 heteroatoms. The minimum absolute atomic E-state index is 0.176. The number of anilines is 1. The predicted molar refractivity (Wildman–Crippen MR) is 122 cm³/mol. The van der Waals surface area contributed by atoms with Crippen LogP contribution in [0.2, 0.25) is 0 Å². The molecule has 5 N–H and O–H groups in total. The maximum absolute atomic E-state index is 12.4. The van der Waals surface area contributed by atoms with Crippen LogP contribution in [0, 0.1) is 0 Å². The van der Waals surface area contributed by atoms with Gasteiger partial charge in [-0.3, -0.25) is 9.36 Å². The third-order valence-corrected chi connectivity index (χ3v) is 5.27. The molecular weight excluding hydrogens is 412 g/mol. The number of aromatic amines is 1. The molecule has 0 spiro atoms. The van der Waals surface area contributed by atoms with E-state index in [0.29, 0.717) is 43.8 Å². The van der Waals surface area contributed by atoms with Gasteiger partial charge in [0.2, 0.25) is 0 Å². The average molecular weight is 443 g/mol. The number of aromatic nitrogens is 4. The number of rotatable bonds is 12. The molecule has 1 unspecified atom stereocenters. The number of carbonyl (C=O) groups is 1. The number of aliphatic carboxylic acids is 1. The zero-order valence-electron chi connectivity index (χ0n) is 18.4. The summed E-state index contributed by atoms with van der Waals surface area (Å²) in [7, 11) is 0. The van der Waals surface area contributed by atoms with Gasteiger partial charge in [0.15, 0.2) is 11.5 Å². The summed E-state index contributed by atoms with van der Waals surface area (Å²) in [5.41, 5.74) is 8.39. The molecular formula is C22H30N6O4. The first-order chi connectivity index (χ1) is 15.4. The summed E-state index contributed by atoms with van der Waals surface area (Å²) in [6.45, 7) is 6.03. The van der Waals surface area contributed by atoms with E-state index in [4.69, 9.17) is 15.6 Å². The molecule has 3 rings (SSSR count). The first-order valence-electron chi connectivity index (χ1n) is 10.8. The van der Waals surface area contributed by atoms with Crippen molar-refractivity contribution in [1.82, 2.24) is 24.8 Å². The summed E-state index contributed by atoms with van der Waals surface area (Å²) in [6, 6.07) is 7.70. The number of hydrogen-bond donors (Lipinski definition) is 4. The van der Waals surface area contributed by atoms with Crippen LogP contribution >= 0.6 is 0 Å². The van der Waals surface area contributed by atoms with Gasteiger partial charge < -0.3 is 25.9 Å². The predicted octanol–water partition coefficient (Wildman–Crippen LogP) is 2.25. The second kappa shape index (κ2) is 10.8. The Labute approximate surface area is 185 Å². The standard InChI is InChI=1S/C22H30N6O4/c1-3-4-12-32-21-26-18(23)17-19(27-21)28(22(31)25-17)11-5-10-24-13-15-6-8-16(9-7-15)14(2)20(29)30/h6-9,14,24H,3-5,10-13H2,1-2H3,(H,25,31)(H,29,30)(H2,23,26,27). The Balaban J connectivity index is 1.55. The Morgan fingerprint density at radius 3 is 2.72 bits per heavy atom. The van der Waals surface area contributed by atoms with Crippen LogP contribution in [0.3, 0.4) is 0 Å². The van der Waals surface area contributed by atoms with Gasteiger partial charge in [0.05, 0.1) is 12.5 Å². The molecule has 0 bridgehead atoms. The van der Waals surface area contributed by atoms with E-state index in [0.717, 1.165) is 24.0 Å². The lowest BCUT2D eigenvalue weighted by Crippen LogP contribution is -2.21. The summed E-state index contributed by atoms with van der Waals surface area (Å²) in [5.74, 6) is -1.17. The molecule has 0 fully saturated rings.